The molecule has 0 radical (unpaired) electrons. The molecule has 10 nitrogen and oxygen atoms in total. The Morgan fingerprint density at radius 2 is 1.88 bits per heavy atom. The predicted molar refractivity (Wildman–Crippen MR) is 157 cm³/mol. The van der Waals surface area contributed by atoms with Crippen LogP contribution in [0.3, 0.4) is 0 Å². The summed E-state index contributed by atoms with van der Waals surface area (Å²) in [6.45, 7) is 3.47. The van der Waals surface area contributed by atoms with E-state index in [1.54, 1.807) is 9.42 Å². The van der Waals surface area contributed by atoms with Crippen LogP contribution in [0, 0.1) is 0 Å². The number of carbonyl (C=O) groups is 2. The number of benzene rings is 2. The maximum Gasteiger partial charge on any atom is 0.243 e. The number of primary amides is 1. The SMILES string of the molecule is CCNC(=O)CN(C)c1cc(N2CC(OCC(N)=O)C2)n2nc(-c3ccccc3Cl)c(-c3ccc(Cl)cc3)c2n1. The highest BCUT2D eigenvalue weighted by Crippen LogP contribution is 2.40. The van der Waals surface area contributed by atoms with Crippen molar-refractivity contribution < 1.29 is 14.3 Å². The predicted octanol–water partition coefficient (Wildman–Crippen LogP) is 3.63. The molecule has 0 spiro atoms. The zero-order valence-corrected chi connectivity index (χ0v) is 23.6. The number of aromatic nitrogens is 3. The van der Waals surface area contributed by atoms with Gasteiger partial charge in [0.05, 0.1) is 23.2 Å². The van der Waals surface area contributed by atoms with Crippen LogP contribution in [0.5, 0.6) is 0 Å². The van der Waals surface area contributed by atoms with E-state index in [-0.39, 0.29) is 25.2 Å². The Labute approximate surface area is 241 Å². The van der Waals surface area contributed by atoms with Crippen LogP contribution < -0.4 is 20.9 Å². The number of ether oxygens (including phenoxy) is 1. The lowest BCUT2D eigenvalue weighted by Gasteiger charge is -2.40. The van der Waals surface area contributed by atoms with Crippen LogP contribution in [0.15, 0.2) is 54.6 Å². The maximum absolute atomic E-state index is 12.4. The molecule has 0 bridgehead atoms. The molecule has 3 heterocycles. The minimum Gasteiger partial charge on any atom is -0.368 e. The van der Waals surface area contributed by atoms with Crippen molar-refractivity contribution in [3.8, 4) is 22.4 Å². The molecule has 4 aromatic rings. The molecule has 0 saturated carbocycles. The van der Waals surface area contributed by atoms with Crippen molar-refractivity contribution in [1.82, 2.24) is 19.9 Å². The van der Waals surface area contributed by atoms with Gasteiger partial charge in [0.1, 0.15) is 23.9 Å². The van der Waals surface area contributed by atoms with Crippen molar-refractivity contribution >= 4 is 52.3 Å². The second-order valence-electron chi connectivity index (χ2n) is 9.53. The van der Waals surface area contributed by atoms with Crippen LogP contribution >= 0.6 is 23.2 Å². The highest BCUT2D eigenvalue weighted by Gasteiger charge is 2.32. The number of rotatable bonds is 10. The molecule has 2 aromatic carbocycles. The summed E-state index contributed by atoms with van der Waals surface area (Å²) in [5.74, 6) is 0.731. The summed E-state index contributed by atoms with van der Waals surface area (Å²) < 4.78 is 7.39. The Hall–Kier alpha value is -3.86. The number of hydrogen-bond acceptors (Lipinski definition) is 7. The van der Waals surface area contributed by atoms with Crippen molar-refractivity contribution in [1.29, 1.82) is 0 Å². The van der Waals surface area contributed by atoms with Gasteiger partial charge < -0.3 is 25.6 Å². The monoisotopic (exact) mass is 581 g/mol. The molecular formula is C28H29Cl2N7O3. The molecule has 1 fully saturated rings. The van der Waals surface area contributed by atoms with E-state index < -0.39 is 5.91 Å². The minimum atomic E-state index is -0.511. The van der Waals surface area contributed by atoms with Gasteiger partial charge >= 0.3 is 0 Å². The first-order chi connectivity index (χ1) is 19.2. The third-order valence-electron chi connectivity index (χ3n) is 6.60. The van der Waals surface area contributed by atoms with Gasteiger partial charge in [-0.15, -0.1) is 0 Å². The van der Waals surface area contributed by atoms with Crippen LogP contribution in [0.4, 0.5) is 11.6 Å². The Morgan fingerprint density at radius 1 is 1.15 bits per heavy atom. The van der Waals surface area contributed by atoms with Gasteiger partial charge in [0, 0.05) is 43.3 Å². The first-order valence-electron chi connectivity index (χ1n) is 12.8. The minimum absolute atomic E-state index is 0.111. The number of halogens is 2. The van der Waals surface area contributed by atoms with E-state index in [0.717, 1.165) is 22.5 Å². The molecular weight excluding hydrogens is 553 g/mol. The van der Waals surface area contributed by atoms with E-state index in [2.05, 4.69) is 10.2 Å². The second kappa shape index (κ2) is 11.7. The number of likely N-dealkylation sites (N-methyl/N-ethyl adjacent to an activating group) is 2. The van der Waals surface area contributed by atoms with E-state index in [0.29, 0.717) is 46.8 Å². The summed E-state index contributed by atoms with van der Waals surface area (Å²) in [5, 5.41) is 9.01. The number of carbonyl (C=O) groups excluding carboxylic acids is 2. The third kappa shape index (κ3) is 5.70. The van der Waals surface area contributed by atoms with Crippen LogP contribution in [0.25, 0.3) is 28.0 Å². The van der Waals surface area contributed by atoms with E-state index >= 15 is 0 Å². The quantitative estimate of drug-likeness (QED) is 0.293. The highest BCUT2D eigenvalue weighted by molar-refractivity contribution is 6.33. The van der Waals surface area contributed by atoms with Gasteiger partial charge in [-0.1, -0.05) is 53.5 Å². The molecule has 2 aromatic heterocycles. The van der Waals surface area contributed by atoms with Crippen LogP contribution in [-0.2, 0) is 14.3 Å². The Bertz CT molecular complexity index is 1550. The summed E-state index contributed by atoms with van der Waals surface area (Å²) in [6.07, 6.45) is -0.151. The third-order valence-corrected chi connectivity index (χ3v) is 7.18. The molecule has 0 atom stereocenters. The fourth-order valence-corrected chi connectivity index (χ4v) is 4.97. The first kappa shape index (κ1) is 27.7. The molecule has 12 heteroatoms. The molecule has 2 amide bonds. The molecule has 0 aliphatic carbocycles. The lowest BCUT2D eigenvalue weighted by molar-refractivity contribution is -0.125. The van der Waals surface area contributed by atoms with Gasteiger partial charge in [-0.2, -0.15) is 9.61 Å². The second-order valence-corrected chi connectivity index (χ2v) is 10.4. The van der Waals surface area contributed by atoms with Gasteiger partial charge in [0.25, 0.3) is 0 Å². The summed E-state index contributed by atoms with van der Waals surface area (Å²) >= 11 is 12.9. The zero-order valence-electron chi connectivity index (χ0n) is 22.1. The number of nitrogens with one attached hydrogen (secondary N) is 1. The molecule has 208 valence electrons. The highest BCUT2D eigenvalue weighted by atomic mass is 35.5. The summed E-state index contributed by atoms with van der Waals surface area (Å²) in [5.41, 5.74) is 8.90. The van der Waals surface area contributed by atoms with Crippen LogP contribution in [-0.4, -0.2) is 72.3 Å². The van der Waals surface area contributed by atoms with Crippen molar-refractivity contribution in [2.24, 2.45) is 5.73 Å². The number of nitrogens with two attached hydrogens (primary N) is 1. The Morgan fingerprint density at radius 3 is 2.55 bits per heavy atom. The number of amides is 2. The molecule has 1 aliphatic rings. The van der Waals surface area contributed by atoms with Crippen LogP contribution in [0.1, 0.15) is 6.92 Å². The standard InChI is InChI=1S/C28H29Cl2N7O3/c1-3-32-24(39)15-35(2)23-12-25(36-13-19(14-36)40-16-22(31)38)37-28(33-23)26(17-8-10-18(29)11-9-17)27(34-37)20-6-4-5-7-21(20)30/h4-12,19H,3,13-16H2,1-2H3,(H2,31,38)(H,32,39). The van der Waals surface area contributed by atoms with E-state index in [1.807, 2.05) is 68.6 Å². The van der Waals surface area contributed by atoms with Gasteiger partial charge in [0.15, 0.2) is 5.65 Å². The molecule has 0 unspecified atom stereocenters. The molecule has 1 aliphatic heterocycles. The maximum atomic E-state index is 12.4. The summed E-state index contributed by atoms with van der Waals surface area (Å²) in [4.78, 5) is 32.5. The normalized spacial score (nSPS) is 13.3. The van der Waals surface area contributed by atoms with Crippen molar-refractivity contribution in [3.05, 3.63) is 64.6 Å². The Balaban J connectivity index is 1.68. The lowest BCUT2D eigenvalue weighted by Crippen LogP contribution is -2.53. The van der Waals surface area contributed by atoms with Gasteiger partial charge in [-0.05, 0) is 30.7 Å². The average Bonchev–Trinajstić information content (AvgIpc) is 3.27. The number of anilines is 2. The van der Waals surface area contributed by atoms with Gasteiger partial charge in [0.2, 0.25) is 11.8 Å². The number of hydrogen-bond donors (Lipinski definition) is 2. The molecule has 3 N–H and O–H groups in total. The molecule has 5 rings (SSSR count). The molecule has 1 saturated heterocycles. The number of fused-ring (bicyclic) bond motifs is 1. The van der Waals surface area contributed by atoms with Crippen molar-refractivity contribution in [2.45, 2.75) is 13.0 Å². The van der Waals surface area contributed by atoms with Gasteiger partial charge in [-0.25, -0.2) is 4.98 Å². The first-order valence-corrected chi connectivity index (χ1v) is 13.6. The summed E-state index contributed by atoms with van der Waals surface area (Å²) in [6, 6.07) is 16.9. The summed E-state index contributed by atoms with van der Waals surface area (Å²) in [7, 11) is 1.82. The van der Waals surface area contributed by atoms with Crippen LogP contribution in [0.2, 0.25) is 10.0 Å². The van der Waals surface area contributed by atoms with E-state index in [1.165, 1.54) is 0 Å². The number of nitrogens with zero attached hydrogens (tertiary/aromatic N) is 5. The fraction of sp³-hybridized carbons (Fsp3) is 0.286. The van der Waals surface area contributed by atoms with Crippen molar-refractivity contribution in [2.75, 3.05) is 49.6 Å². The smallest absolute Gasteiger partial charge is 0.243 e. The van der Waals surface area contributed by atoms with E-state index in [9.17, 15) is 9.59 Å². The average molecular weight is 582 g/mol. The molecule has 40 heavy (non-hydrogen) atoms. The lowest BCUT2D eigenvalue weighted by atomic mass is 10.0. The topological polar surface area (TPSA) is 118 Å². The van der Waals surface area contributed by atoms with Gasteiger partial charge in [-0.3, -0.25) is 9.59 Å². The zero-order chi connectivity index (χ0) is 28.4. The van der Waals surface area contributed by atoms with Crippen molar-refractivity contribution in [3.63, 3.8) is 0 Å². The van der Waals surface area contributed by atoms with E-state index in [4.69, 9.17) is 43.8 Å². The fourth-order valence-electron chi connectivity index (χ4n) is 4.61. The Kier molecular flexibility index (Phi) is 8.11. The largest absolute Gasteiger partial charge is 0.368 e.